The smallest absolute Gasteiger partial charge is 0.213 e. The van der Waals surface area contributed by atoms with Gasteiger partial charge in [0.2, 0.25) is 5.88 Å². The minimum Gasteiger partial charge on any atom is -0.481 e. The number of nitrogens with zero attached hydrogens (tertiary/aromatic N) is 1. The molecule has 0 radical (unpaired) electrons. The SMILES string of the molecule is CCC(Cl)Cc1ccnc(OC)c1. The average Bonchev–Trinajstić information content (AvgIpc) is 2.18. The molecule has 1 aromatic heterocycles. The Morgan fingerprint density at radius 2 is 2.38 bits per heavy atom. The summed E-state index contributed by atoms with van der Waals surface area (Å²) < 4.78 is 5.02. The lowest BCUT2D eigenvalue weighted by Crippen LogP contribution is -2.01. The number of alkyl halides is 1. The van der Waals surface area contributed by atoms with E-state index in [1.807, 2.05) is 12.1 Å². The predicted molar refractivity (Wildman–Crippen MR) is 54.4 cm³/mol. The molecule has 1 unspecified atom stereocenters. The summed E-state index contributed by atoms with van der Waals surface area (Å²) in [5, 5.41) is 0.201. The van der Waals surface area contributed by atoms with Crippen molar-refractivity contribution < 1.29 is 4.74 Å². The first kappa shape index (κ1) is 10.3. The van der Waals surface area contributed by atoms with Gasteiger partial charge in [-0.15, -0.1) is 11.6 Å². The van der Waals surface area contributed by atoms with Crippen molar-refractivity contribution in [2.75, 3.05) is 7.11 Å². The van der Waals surface area contributed by atoms with Crippen LogP contribution in [0.2, 0.25) is 0 Å². The van der Waals surface area contributed by atoms with Gasteiger partial charge in [0.05, 0.1) is 7.11 Å². The summed E-state index contributed by atoms with van der Waals surface area (Å²) in [5.41, 5.74) is 1.17. The van der Waals surface area contributed by atoms with Crippen molar-refractivity contribution in [3.05, 3.63) is 23.9 Å². The number of hydrogen-bond acceptors (Lipinski definition) is 2. The molecule has 0 aromatic carbocycles. The van der Waals surface area contributed by atoms with Gasteiger partial charge in [-0.3, -0.25) is 0 Å². The first-order valence-corrected chi connectivity index (χ1v) is 4.83. The van der Waals surface area contributed by atoms with Crippen LogP contribution in [0.25, 0.3) is 0 Å². The van der Waals surface area contributed by atoms with Crippen LogP contribution < -0.4 is 4.74 Å². The molecule has 1 heterocycles. The Labute approximate surface area is 83.9 Å². The lowest BCUT2D eigenvalue weighted by Gasteiger charge is -2.06. The van der Waals surface area contributed by atoms with E-state index < -0.39 is 0 Å². The molecule has 0 amide bonds. The van der Waals surface area contributed by atoms with E-state index in [0.29, 0.717) is 5.88 Å². The standard InChI is InChI=1S/C10H14ClNO/c1-3-9(11)6-8-4-5-12-10(7-8)13-2/h4-5,7,9H,3,6H2,1-2H3. The topological polar surface area (TPSA) is 22.1 Å². The maximum Gasteiger partial charge on any atom is 0.213 e. The number of halogens is 1. The van der Waals surface area contributed by atoms with Crippen molar-refractivity contribution in [3.8, 4) is 5.88 Å². The Kier molecular flexibility index (Phi) is 4.03. The molecule has 0 fully saturated rings. The van der Waals surface area contributed by atoms with Crippen molar-refractivity contribution >= 4 is 11.6 Å². The highest BCUT2D eigenvalue weighted by molar-refractivity contribution is 6.20. The van der Waals surface area contributed by atoms with Crippen LogP contribution in [0.3, 0.4) is 0 Å². The molecule has 3 heteroatoms. The molecular weight excluding hydrogens is 186 g/mol. The number of ether oxygens (including phenoxy) is 1. The lowest BCUT2D eigenvalue weighted by molar-refractivity contribution is 0.397. The van der Waals surface area contributed by atoms with Gasteiger partial charge in [-0.1, -0.05) is 6.92 Å². The number of aromatic nitrogens is 1. The molecule has 72 valence electrons. The fourth-order valence-electron chi connectivity index (χ4n) is 1.09. The largest absolute Gasteiger partial charge is 0.481 e. The maximum absolute atomic E-state index is 6.03. The average molecular weight is 200 g/mol. The maximum atomic E-state index is 6.03. The fourth-order valence-corrected chi connectivity index (χ4v) is 1.27. The molecular formula is C10H14ClNO. The Hall–Kier alpha value is -0.760. The molecule has 0 aliphatic carbocycles. The monoisotopic (exact) mass is 199 g/mol. The van der Waals surface area contributed by atoms with Gasteiger partial charge in [0.1, 0.15) is 0 Å². The molecule has 0 spiro atoms. The molecule has 1 rings (SSSR count). The Morgan fingerprint density at radius 3 is 3.00 bits per heavy atom. The van der Waals surface area contributed by atoms with Crippen molar-refractivity contribution in [1.82, 2.24) is 4.98 Å². The summed E-state index contributed by atoms with van der Waals surface area (Å²) in [6, 6.07) is 3.89. The van der Waals surface area contributed by atoms with Crippen LogP contribution in [0.4, 0.5) is 0 Å². The van der Waals surface area contributed by atoms with Crippen molar-refractivity contribution in [2.24, 2.45) is 0 Å². The highest BCUT2D eigenvalue weighted by Crippen LogP contribution is 2.14. The van der Waals surface area contributed by atoms with Crippen LogP contribution in [0.5, 0.6) is 5.88 Å². The first-order chi connectivity index (χ1) is 6.26. The minimum absolute atomic E-state index is 0.201. The second-order valence-corrected chi connectivity index (χ2v) is 3.53. The summed E-state index contributed by atoms with van der Waals surface area (Å²) in [6.07, 6.45) is 3.59. The van der Waals surface area contributed by atoms with Crippen LogP contribution in [-0.4, -0.2) is 17.5 Å². The summed E-state index contributed by atoms with van der Waals surface area (Å²) >= 11 is 6.03. The Bertz CT molecular complexity index is 265. The summed E-state index contributed by atoms with van der Waals surface area (Å²) in [7, 11) is 1.62. The minimum atomic E-state index is 0.201. The zero-order valence-electron chi connectivity index (χ0n) is 7.96. The molecule has 0 N–H and O–H groups in total. The molecule has 1 atom stereocenters. The summed E-state index contributed by atoms with van der Waals surface area (Å²) in [6.45, 7) is 2.08. The molecule has 0 aliphatic rings. The molecule has 13 heavy (non-hydrogen) atoms. The fraction of sp³-hybridized carbons (Fsp3) is 0.500. The number of pyridine rings is 1. The zero-order valence-corrected chi connectivity index (χ0v) is 8.71. The second-order valence-electron chi connectivity index (χ2n) is 2.92. The molecule has 0 bridgehead atoms. The molecule has 0 aliphatic heterocycles. The van der Waals surface area contributed by atoms with Gasteiger partial charge in [0.15, 0.2) is 0 Å². The van der Waals surface area contributed by atoms with E-state index in [1.165, 1.54) is 5.56 Å². The second kappa shape index (κ2) is 5.07. The Balaban J connectivity index is 2.66. The van der Waals surface area contributed by atoms with Gasteiger partial charge in [-0.2, -0.15) is 0 Å². The summed E-state index contributed by atoms with van der Waals surface area (Å²) in [4.78, 5) is 4.03. The highest BCUT2D eigenvalue weighted by Gasteiger charge is 2.03. The molecule has 1 aromatic rings. The van der Waals surface area contributed by atoms with Crippen LogP contribution in [0, 0.1) is 0 Å². The van der Waals surface area contributed by atoms with Gasteiger partial charge in [0, 0.05) is 17.6 Å². The number of rotatable bonds is 4. The van der Waals surface area contributed by atoms with Crippen molar-refractivity contribution in [3.63, 3.8) is 0 Å². The van der Waals surface area contributed by atoms with E-state index >= 15 is 0 Å². The van der Waals surface area contributed by atoms with E-state index in [9.17, 15) is 0 Å². The van der Waals surface area contributed by atoms with E-state index in [-0.39, 0.29) is 5.38 Å². The van der Waals surface area contributed by atoms with Gasteiger partial charge in [-0.25, -0.2) is 4.98 Å². The first-order valence-electron chi connectivity index (χ1n) is 4.39. The molecule has 0 saturated heterocycles. The predicted octanol–water partition coefficient (Wildman–Crippen LogP) is 2.65. The third kappa shape index (κ3) is 3.23. The molecule has 2 nitrogen and oxygen atoms in total. The lowest BCUT2D eigenvalue weighted by atomic mass is 10.1. The third-order valence-electron chi connectivity index (χ3n) is 1.91. The number of methoxy groups -OCH3 is 1. The van der Waals surface area contributed by atoms with Crippen LogP contribution in [0.1, 0.15) is 18.9 Å². The Morgan fingerprint density at radius 1 is 1.62 bits per heavy atom. The highest BCUT2D eigenvalue weighted by atomic mass is 35.5. The van der Waals surface area contributed by atoms with E-state index in [0.717, 1.165) is 12.8 Å². The van der Waals surface area contributed by atoms with Gasteiger partial charge in [-0.05, 0) is 24.5 Å². The van der Waals surface area contributed by atoms with E-state index in [2.05, 4.69) is 11.9 Å². The summed E-state index contributed by atoms with van der Waals surface area (Å²) in [5.74, 6) is 0.650. The van der Waals surface area contributed by atoms with E-state index in [1.54, 1.807) is 13.3 Å². The van der Waals surface area contributed by atoms with Gasteiger partial charge in [0.25, 0.3) is 0 Å². The zero-order chi connectivity index (χ0) is 9.68. The van der Waals surface area contributed by atoms with Crippen molar-refractivity contribution in [2.45, 2.75) is 25.1 Å². The quantitative estimate of drug-likeness (QED) is 0.696. The van der Waals surface area contributed by atoms with E-state index in [4.69, 9.17) is 16.3 Å². The van der Waals surface area contributed by atoms with Crippen LogP contribution in [0.15, 0.2) is 18.3 Å². The molecule has 0 saturated carbocycles. The number of hydrogen-bond donors (Lipinski definition) is 0. The van der Waals surface area contributed by atoms with Crippen molar-refractivity contribution in [1.29, 1.82) is 0 Å². The third-order valence-corrected chi connectivity index (χ3v) is 2.37. The van der Waals surface area contributed by atoms with Crippen LogP contribution >= 0.6 is 11.6 Å². The van der Waals surface area contributed by atoms with Gasteiger partial charge < -0.3 is 4.74 Å². The van der Waals surface area contributed by atoms with Crippen LogP contribution in [-0.2, 0) is 6.42 Å². The van der Waals surface area contributed by atoms with Gasteiger partial charge >= 0.3 is 0 Å². The normalized spacial score (nSPS) is 12.5.